The Hall–Kier alpha value is -2.57. The van der Waals surface area contributed by atoms with Crippen LogP contribution in [0.1, 0.15) is 23.2 Å². The molecule has 7 nitrogen and oxygen atoms in total. The van der Waals surface area contributed by atoms with E-state index < -0.39 is 12.0 Å². The van der Waals surface area contributed by atoms with Gasteiger partial charge in [0.1, 0.15) is 6.04 Å². The van der Waals surface area contributed by atoms with E-state index in [2.05, 4.69) is 4.98 Å². The number of carboxylic acids is 1. The van der Waals surface area contributed by atoms with Crippen LogP contribution in [0.5, 0.6) is 0 Å². The topological polar surface area (TPSA) is 95.4 Å². The summed E-state index contributed by atoms with van der Waals surface area (Å²) in [6.07, 6.45) is 1.17. The highest BCUT2D eigenvalue weighted by Gasteiger charge is 2.34. The Bertz CT molecular complexity index is 789. The molecular weight excluding hydrogens is 274 g/mol. The summed E-state index contributed by atoms with van der Waals surface area (Å²) in [5, 5.41) is 9.15. The Morgan fingerprint density at radius 2 is 2.14 bits per heavy atom. The average Bonchev–Trinajstić information content (AvgIpc) is 3.04. The van der Waals surface area contributed by atoms with Gasteiger partial charge in [-0.25, -0.2) is 9.59 Å². The predicted molar refractivity (Wildman–Crippen MR) is 75.2 cm³/mol. The number of rotatable bonds is 2. The third-order valence-corrected chi connectivity index (χ3v) is 3.95. The maximum absolute atomic E-state index is 12.5. The van der Waals surface area contributed by atoms with Gasteiger partial charge in [-0.05, 0) is 31.0 Å². The van der Waals surface area contributed by atoms with Crippen LogP contribution in [0, 0.1) is 0 Å². The van der Waals surface area contributed by atoms with Crippen LogP contribution in [0.25, 0.3) is 11.0 Å². The van der Waals surface area contributed by atoms with Gasteiger partial charge >= 0.3 is 11.7 Å². The van der Waals surface area contributed by atoms with Crippen molar-refractivity contribution in [2.75, 3.05) is 6.54 Å². The smallest absolute Gasteiger partial charge is 0.326 e. The molecule has 1 fully saturated rings. The van der Waals surface area contributed by atoms with E-state index >= 15 is 0 Å². The molecule has 1 amide bonds. The standard InChI is InChI=1S/C14H15N3O4/c1-16-11-7-8(4-5-9(11)15-14(16)21)12(18)17-6-2-3-10(17)13(19)20/h4-5,7,10H,2-3,6H2,1H3,(H,15,21)(H,19,20)/t10-/m1/s1. The zero-order valence-electron chi connectivity index (χ0n) is 11.5. The SMILES string of the molecule is Cn1c(=O)[nH]c2ccc(C(=O)N3CCC[C@@H]3C(=O)O)cc21. The molecule has 1 aliphatic heterocycles. The summed E-state index contributed by atoms with van der Waals surface area (Å²) in [4.78, 5) is 39.3. The molecule has 3 rings (SSSR count). The van der Waals surface area contributed by atoms with Crippen molar-refractivity contribution in [2.45, 2.75) is 18.9 Å². The summed E-state index contributed by atoms with van der Waals surface area (Å²) in [7, 11) is 1.62. The molecule has 0 spiro atoms. The van der Waals surface area contributed by atoms with Crippen molar-refractivity contribution in [1.29, 1.82) is 0 Å². The number of carbonyl (C=O) groups is 2. The molecule has 1 aromatic heterocycles. The number of H-pyrrole nitrogens is 1. The lowest BCUT2D eigenvalue weighted by Crippen LogP contribution is -2.40. The van der Waals surface area contributed by atoms with Crippen LogP contribution >= 0.6 is 0 Å². The van der Waals surface area contributed by atoms with Gasteiger partial charge in [-0.15, -0.1) is 0 Å². The Morgan fingerprint density at radius 1 is 1.38 bits per heavy atom. The highest BCUT2D eigenvalue weighted by atomic mass is 16.4. The van der Waals surface area contributed by atoms with Crippen LogP contribution in [0.4, 0.5) is 0 Å². The number of nitrogens with zero attached hydrogens (tertiary/aromatic N) is 2. The van der Waals surface area contributed by atoms with Gasteiger partial charge in [-0.3, -0.25) is 9.36 Å². The van der Waals surface area contributed by atoms with Crippen molar-refractivity contribution in [3.05, 3.63) is 34.2 Å². The Balaban J connectivity index is 2.00. The number of carboxylic acid groups (broad SMARTS) is 1. The number of hydrogen-bond acceptors (Lipinski definition) is 3. The summed E-state index contributed by atoms with van der Waals surface area (Å²) in [5.41, 5.74) is 1.41. The minimum absolute atomic E-state index is 0.251. The highest BCUT2D eigenvalue weighted by Crippen LogP contribution is 2.21. The lowest BCUT2D eigenvalue weighted by Gasteiger charge is -2.21. The van der Waals surface area contributed by atoms with Crippen molar-refractivity contribution >= 4 is 22.9 Å². The van der Waals surface area contributed by atoms with Crippen molar-refractivity contribution in [2.24, 2.45) is 7.05 Å². The van der Waals surface area contributed by atoms with Gasteiger partial charge in [0, 0.05) is 19.2 Å². The fourth-order valence-corrected chi connectivity index (χ4v) is 2.79. The summed E-state index contributed by atoms with van der Waals surface area (Å²) in [5.74, 6) is -1.29. The van der Waals surface area contributed by atoms with E-state index in [4.69, 9.17) is 5.11 Å². The van der Waals surface area contributed by atoms with Gasteiger partial charge in [-0.1, -0.05) is 0 Å². The molecule has 0 radical (unpaired) electrons. The molecule has 1 saturated heterocycles. The van der Waals surface area contributed by atoms with E-state index in [0.29, 0.717) is 36.0 Å². The number of nitrogens with one attached hydrogen (secondary N) is 1. The third kappa shape index (κ3) is 2.10. The molecule has 21 heavy (non-hydrogen) atoms. The lowest BCUT2D eigenvalue weighted by molar-refractivity contribution is -0.141. The number of imidazole rings is 1. The second-order valence-corrected chi connectivity index (χ2v) is 5.22. The number of benzene rings is 1. The summed E-state index contributed by atoms with van der Waals surface area (Å²) in [6.45, 7) is 0.444. The number of fused-ring (bicyclic) bond motifs is 1. The van der Waals surface area contributed by atoms with Crippen LogP contribution in [0.3, 0.4) is 0 Å². The quantitative estimate of drug-likeness (QED) is 0.844. The first-order valence-electron chi connectivity index (χ1n) is 6.71. The van der Waals surface area contributed by atoms with Crippen molar-refractivity contribution < 1.29 is 14.7 Å². The molecule has 0 saturated carbocycles. The molecule has 0 unspecified atom stereocenters. The molecule has 1 atom stereocenters. The van der Waals surface area contributed by atoms with E-state index in [1.54, 1.807) is 25.2 Å². The first-order valence-corrected chi connectivity index (χ1v) is 6.71. The monoisotopic (exact) mass is 289 g/mol. The molecule has 2 N–H and O–H groups in total. The van der Waals surface area contributed by atoms with Crippen molar-refractivity contribution in [1.82, 2.24) is 14.5 Å². The molecule has 1 aromatic carbocycles. The van der Waals surface area contributed by atoms with Crippen molar-refractivity contribution in [3.63, 3.8) is 0 Å². The van der Waals surface area contributed by atoms with Crippen molar-refractivity contribution in [3.8, 4) is 0 Å². The molecule has 2 heterocycles. The molecular formula is C14H15N3O4. The van der Waals surface area contributed by atoms with E-state index in [1.165, 1.54) is 9.47 Å². The molecule has 110 valence electrons. The number of carbonyl (C=O) groups excluding carboxylic acids is 1. The third-order valence-electron chi connectivity index (χ3n) is 3.95. The number of hydrogen-bond donors (Lipinski definition) is 2. The van der Waals surface area contributed by atoms with E-state index in [-0.39, 0.29) is 11.6 Å². The van der Waals surface area contributed by atoms with Gasteiger partial charge in [0.2, 0.25) is 0 Å². The maximum Gasteiger partial charge on any atom is 0.326 e. The van der Waals surface area contributed by atoms with E-state index in [0.717, 1.165) is 0 Å². The Labute approximate surface area is 119 Å². The Morgan fingerprint density at radius 3 is 2.86 bits per heavy atom. The van der Waals surface area contributed by atoms with Gasteiger partial charge in [0.25, 0.3) is 5.91 Å². The fraction of sp³-hybridized carbons (Fsp3) is 0.357. The summed E-state index contributed by atoms with van der Waals surface area (Å²) in [6, 6.07) is 4.13. The maximum atomic E-state index is 12.5. The minimum atomic E-state index is -0.976. The number of aromatic amines is 1. The molecule has 2 aromatic rings. The van der Waals surface area contributed by atoms with Crippen LogP contribution < -0.4 is 5.69 Å². The number of amides is 1. The lowest BCUT2D eigenvalue weighted by atomic mass is 10.1. The number of aryl methyl sites for hydroxylation is 1. The zero-order chi connectivity index (χ0) is 15.1. The predicted octanol–water partition coefficient (Wildman–Crippen LogP) is 0.556. The summed E-state index contributed by atoms with van der Waals surface area (Å²) < 4.78 is 1.42. The van der Waals surface area contributed by atoms with E-state index in [9.17, 15) is 14.4 Å². The zero-order valence-corrected chi connectivity index (χ0v) is 11.5. The largest absolute Gasteiger partial charge is 0.480 e. The van der Waals surface area contributed by atoms with Gasteiger partial charge in [0.05, 0.1) is 11.0 Å². The van der Waals surface area contributed by atoms with E-state index in [1.807, 2.05) is 0 Å². The van der Waals surface area contributed by atoms with Crippen LogP contribution in [-0.2, 0) is 11.8 Å². The normalized spacial score (nSPS) is 18.3. The Kier molecular flexibility index (Phi) is 3.04. The molecule has 0 bridgehead atoms. The number of aromatic nitrogens is 2. The second-order valence-electron chi connectivity index (χ2n) is 5.22. The number of aliphatic carboxylic acids is 1. The van der Waals surface area contributed by atoms with Gasteiger partial charge < -0.3 is 15.0 Å². The first-order chi connectivity index (χ1) is 9.99. The second kappa shape index (κ2) is 4.76. The van der Waals surface area contributed by atoms with Crippen LogP contribution in [-0.4, -0.2) is 44.0 Å². The fourth-order valence-electron chi connectivity index (χ4n) is 2.79. The molecule has 7 heteroatoms. The highest BCUT2D eigenvalue weighted by molar-refractivity contribution is 5.99. The molecule has 0 aliphatic carbocycles. The van der Waals surface area contributed by atoms with Crippen LogP contribution in [0.15, 0.2) is 23.0 Å². The average molecular weight is 289 g/mol. The van der Waals surface area contributed by atoms with Crippen LogP contribution in [0.2, 0.25) is 0 Å². The minimum Gasteiger partial charge on any atom is -0.480 e. The van der Waals surface area contributed by atoms with Gasteiger partial charge in [-0.2, -0.15) is 0 Å². The molecule has 1 aliphatic rings. The first kappa shape index (κ1) is 13.4. The summed E-state index contributed by atoms with van der Waals surface area (Å²) >= 11 is 0. The van der Waals surface area contributed by atoms with Gasteiger partial charge in [0.15, 0.2) is 0 Å². The number of likely N-dealkylation sites (tertiary alicyclic amines) is 1.